The van der Waals surface area contributed by atoms with Crippen molar-refractivity contribution in [3.05, 3.63) is 0 Å². The van der Waals surface area contributed by atoms with Gasteiger partial charge >= 0.3 is 6.09 Å². The SMILES string of the molecule is CCCC(C)(O)C(C)OC(N)=O. The van der Waals surface area contributed by atoms with Gasteiger partial charge in [0.25, 0.3) is 0 Å². The van der Waals surface area contributed by atoms with E-state index in [9.17, 15) is 9.90 Å². The maximum Gasteiger partial charge on any atom is 0.404 e. The summed E-state index contributed by atoms with van der Waals surface area (Å²) in [4.78, 5) is 10.3. The predicted octanol–water partition coefficient (Wildman–Crippen LogP) is 1.02. The van der Waals surface area contributed by atoms with E-state index in [1.165, 1.54) is 0 Å². The van der Waals surface area contributed by atoms with Gasteiger partial charge in [0, 0.05) is 0 Å². The average molecular weight is 175 g/mol. The standard InChI is InChI=1S/C8H17NO3/c1-4-5-8(3,11)6(2)12-7(9)10/h6,11H,4-5H2,1-3H3,(H2,9,10). The summed E-state index contributed by atoms with van der Waals surface area (Å²) in [7, 11) is 0. The van der Waals surface area contributed by atoms with E-state index >= 15 is 0 Å². The van der Waals surface area contributed by atoms with Gasteiger partial charge in [-0.25, -0.2) is 4.79 Å². The third-order valence-electron chi connectivity index (χ3n) is 1.92. The zero-order chi connectivity index (χ0) is 9.78. The Labute approximate surface area is 72.7 Å². The number of hydrogen-bond donors (Lipinski definition) is 2. The molecule has 0 fully saturated rings. The Morgan fingerprint density at radius 3 is 2.58 bits per heavy atom. The Morgan fingerprint density at radius 2 is 2.25 bits per heavy atom. The topological polar surface area (TPSA) is 72.6 Å². The van der Waals surface area contributed by atoms with Crippen LogP contribution in [0.5, 0.6) is 0 Å². The number of rotatable bonds is 4. The highest BCUT2D eigenvalue weighted by molar-refractivity contribution is 5.64. The molecule has 0 heterocycles. The summed E-state index contributed by atoms with van der Waals surface area (Å²) in [6.45, 7) is 5.20. The van der Waals surface area contributed by atoms with Crippen molar-refractivity contribution >= 4 is 6.09 Å². The number of nitrogens with two attached hydrogens (primary N) is 1. The van der Waals surface area contributed by atoms with Gasteiger partial charge in [0.05, 0.1) is 5.60 Å². The molecule has 12 heavy (non-hydrogen) atoms. The summed E-state index contributed by atoms with van der Waals surface area (Å²) >= 11 is 0. The van der Waals surface area contributed by atoms with Crippen LogP contribution in [-0.4, -0.2) is 22.9 Å². The van der Waals surface area contributed by atoms with Crippen LogP contribution in [0.1, 0.15) is 33.6 Å². The van der Waals surface area contributed by atoms with Crippen molar-refractivity contribution < 1.29 is 14.6 Å². The molecule has 0 radical (unpaired) electrons. The van der Waals surface area contributed by atoms with Crippen molar-refractivity contribution in [1.82, 2.24) is 0 Å². The molecule has 0 aromatic rings. The molecule has 72 valence electrons. The molecule has 0 aliphatic heterocycles. The quantitative estimate of drug-likeness (QED) is 0.670. The monoisotopic (exact) mass is 175 g/mol. The molecular weight excluding hydrogens is 158 g/mol. The fourth-order valence-electron chi connectivity index (χ4n) is 1.01. The summed E-state index contributed by atoms with van der Waals surface area (Å²) < 4.78 is 4.66. The minimum absolute atomic E-state index is 0.560. The first kappa shape index (κ1) is 11.2. The van der Waals surface area contributed by atoms with E-state index in [1.54, 1.807) is 13.8 Å². The van der Waals surface area contributed by atoms with Crippen LogP contribution in [0.25, 0.3) is 0 Å². The third-order valence-corrected chi connectivity index (χ3v) is 1.92. The smallest absolute Gasteiger partial charge is 0.404 e. The van der Waals surface area contributed by atoms with Gasteiger partial charge in [-0.1, -0.05) is 13.3 Å². The van der Waals surface area contributed by atoms with Crippen molar-refractivity contribution in [2.75, 3.05) is 0 Å². The lowest BCUT2D eigenvalue weighted by molar-refractivity contribution is -0.0619. The zero-order valence-electron chi connectivity index (χ0n) is 7.83. The maximum absolute atomic E-state index is 10.3. The molecule has 2 unspecified atom stereocenters. The van der Waals surface area contributed by atoms with Gasteiger partial charge in [0.2, 0.25) is 0 Å². The van der Waals surface area contributed by atoms with Crippen LogP contribution < -0.4 is 5.73 Å². The maximum atomic E-state index is 10.3. The summed E-state index contributed by atoms with van der Waals surface area (Å²) in [5.41, 5.74) is 3.83. The molecule has 2 atom stereocenters. The van der Waals surface area contributed by atoms with Gasteiger partial charge in [0.15, 0.2) is 0 Å². The van der Waals surface area contributed by atoms with E-state index in [4.69, 9.17) is 5.73 Å². The summed E-state index contributed by atoms with van der Waals surface area (Å²) in [6, 6.07) is 0. The Morgan fingerprint density at radius 1 is 1.75 bits per heavy atom. The largest absolute Gasteiger partial charge is 0.444 e. The lowest BCUT2D eigenvalue weighted by Gasteiger charge is -2.28. The first-order valence-corrected chi connectivity index (χ1v) is 4.08. The fraction of sp³-hybridized carbons (Fsp3) is 0.875. The zero-order valence-corrected chi connectivity index (χ0v) is 7.83. The van der Waals surface area contributed by atoms with E-state index in [1.807, 2.05) is 6.92 Å². The summed E-state index contributed by atoms with van der Waals surface area (Å²) in [6.07, 6.45) is 0.00908. The van der Waals surface area contributed by atoms with Crippen LogP contribution in [0.15, 0.2) is 0 Å². The number of hydrogen-bond acceptors (Lipinski definition) is 3. The van der Waals surface area contributed by atoms with Gasteiger partial charge in [-0.2, -0.15) is 0 Å². The first-order valence-electron chi connectivity index (χ1n) is 4.08. The molecule has 0 rings (SSSR count). The molecule has 0 aliphatic rings. The molecule has 0 saturated heterocycles. The normalized spacial score (nSPS) is 18.0. The van der Waals surface area contributed by atoms with Gasteiger partial charge in [-0.05, 0) is 20.3 Å². The Hall–Kier alpha value is -0.770. The molecule has 3 N–H and O–H groups in total. The minimum Gasteiger partial charge on any atom is -0.444 e. The third kappa shape index (κ3) is 3.57. The highest BCUT2D eigenvalue weighted by atomic mass is 16.6. The molecule has 0 spiro atoms. The van der Waals surface area contributed by atoms with Crippen molar-refractivity contribution in [3.63, 3.8) is 0 Å². The van der Waals surface area contributed by atoms with Crippen LogP contribution in [0, 0.1) is 0 Å². The number of ether oxygens (including phenoxy) is 1. The number of aliphatic hydroxyl groups is 1. The number of primary amides is 1. The van der Waals surface area contributed by atoms with Crippen LogP contribution >= 0.6 is 0 Å². The van der Waals surface area contributed by atoms with Crippen LogP contribution in [-0.2, 0) is 4.74 Å². The molecule has 1 amide bonds. The molecule has 4 heteroatoms. The first-order chi connectivity index (χ1) is 5.40. The lowest BCUT2D eigenvalue weighted by atomic mass is 9.95. The van der Waals surface area contributed by atoms with Crippen molar-refractivity contribution in [3.8, 4) is 0 Å². The number of carbonyl (C=O) groups is 1. The van der Waals surface area contributed by atoms with Crippen molar-refractivity contribution in [1.29, 1.82) is 0 Å². The van der Waals surface area contributed by atoms with Gasteiger partial charge < -0.3 is 15.6 Å². The second-order valence-corrected chi connectivity index (χ2v) is 3.19. The summed E-state index contributed by atoms with van der Waals surface area (Å²) in [5.74, 6) is 0. The highest BCUT2D eigenvalue weighted by Crippen LogP contribution is 2.18. The second kappa shape index (κ2) is 4.30. The molecular formula is C8H17NO3. The number of carbonyl (C=O) groups excluding carboxylic acids is 1. The number of amides is 1. The van der Waals surface area contributed by atoms with E-state index < -0.39 is 17.8 Å². The Balaban J connectivity index is 4.04. The summed E-state index contributed by atoms with van der Waals surface area (Å²) in [5, 5.41) is 9.70. The van der Waals surface area contributed by atoms with E-state index in [0.717, 1.165) is 6.42 Å². The van der Waals surface area contributed by atoms with Gasteiger partial charge in [-0.3, -0.25) is 0 Å². The van der Waals surface area contributed by atoms with E-state index in [2.05, 4.69) is 4.74 Å². The fourth-order valence-corrected chi connectivity index (χ4v) is 1.01. The average Bonchev–Trinajstić information content (AvgIpc) is 1.85. The molecule has 0 aromatic heterocycles. The minimum atomic E-state index is -0.982. The Bertz CT molecular complexity index is 156. The second-order valence-electron chi connectivity index (χ2n) is 3.19. The van der Waals surface area contributed by atoms with E-state index in [0.29, 0.717) is 6.42 Å². The van der Waals surface area contributed by atoms with Crippen LogP contribution in [0.3, 0.4) is 0 Å². The molecule has 0 aliphatic carbocycles. The molecule has 4 nitrogen and oxygen atoms in total. The van der Waals surface area contributed by atoms with Gasteiger partial charge in [-0.15, -0.1) is 0 Å². The Kier molecular flexibility index (Phi) is 4.03. The van der Waals surface area contributed by atoms with Gasteiger partial charge in [0.1, 0.15) is 6.10 Å². The van der Waals surface area contributed by atoms with Crippen molar-refractivity contribution in [2.24, 2.45) is 5.73 Å². The highest BCUT2D eigenvalue weighted by Gasteiger charge is 2.29. The van der Waals surface area contributed by atoms with Crippen molar-refractivity contribution in [2.45, 2.75) is 45.3 Å². The lowest BCUT2D eigenvalue weighted by Crippen LogP contribution is -2.41. The molecule has 0 bridgehead atoms. The molecule has 0 saturated carbocycles. The van der Waals surface area contributed by atoms with Crippen LogP contribution in [0.4, 0.5) is 4.79 Å². The van der Waals surface area contributed by atoms with Crippen LogP contribution in [0.2, 0.25) is 0 Å². The predicted molar refractivity (Wildman–Crippen MR) is 45.7 cm³/mol. The van der Waals surface area contributed by atoms with E-state index in [-0.39, 0.29) is 0 Å². The molecule has 0 aromatic carbocycles.